The van der Waals surface area contributed by atoms with Crippen molar-refractivity contribution in [2.24, 2.45) is 0 Å². The van der Waals surface area contributed by atoms with E-state index in [1.165, 1.54) is 6.92 Å². The molecule has 5 rings (SSSR count). The number of benzene rings is 1. The standard InChI is InChI=1S/C49H65NO23S.3C2H4O2/c1-23-38(50-34-16-14-15-33(19-34)20-60-24(2)51)41(64-27(5)54)44(67-30(8)57)47(63-23)72-39-36(21-61-25(3)52)70-48(45(68-31(9)58)42(39)65-28(6)55)73-40-37(22-62-26(4)53)71-49(74-35-17-12-11-13-18-35)46(69-32(10)59)43(40)66-29(7)56;3*1-2(3)4/h11-13,17-19,23,34,36-50H,14-16,20-22H2,1-10H3;3*1H3,(H,3,4)/p-3. The van der Waals surface area contributed by atoms with Crippen molar-refractivity contribution < 1.29 is 139 Å². The van der Waals surface area contributed by atoms with E-state index in [0.29, 0.717) is 24.2 Å². The van der Waals surface area contributed by atoms with Crippen LogP contribution in [0.25, 0.3) is 0 Å². The highest BCUT2D eigenvalue weighted by molar-refractivity contribution is 7.99. The van der Waals surface area contributed by atoms with Crippen LogP contribution in [0.5, 0.6) is 0 Å². The molecule has 3 aliphatic heterocycles. The van der Waals surface area contributed by atoms with Gasteiger partial charge in [0.25, 0.3) is 0 Å². The third kappa shape index (κ3) is 27.8. The fourth-order valence-electron chi connectivity index (χ4n) is 8.87. The molecule has 31 heteroatoms. The second kappa shape index (κ2) is 37.3. The minimum absolute atomic E-state index is 0.0740. The normalized spacial score (nSPS) is 28.2. The number of nitrogens with one attached hydrogen (secondary N) is 1. The Labute approximate surface area is 499 Å². The van der Waals surface area contributed by atoms with Gasteiger partial charge in [-0.2, -0.15) is 0 Å². The summed E-state index contributed by atoms with van der Waals surface area (Å²) in [4.78, 5) is 141. The van der Waals surface area contributed by atoms with Gasteiger partial charge in [-0.1, -0.05) is 36.0 Å². The third-order valence-corrected chi connectivity index (χ3v) is 12.7. The van der Waals surface area contributed by atoms with Gasteiger partial charge in [-0.05, 0) is 64.7 Å². The highest BCUT2D eigenvalue weighted by Gasteiger charge is 2.59. The van der Waals surface area contributed by atoms with Crippen LogP contribution in [0.2, 0.25) is 0 Å². The Morgan fingerprint density at radius 3 is 1.31 bits per heavy atom. The van der Waals surface area contributed by atoms with E-state index in [1.807, 2.05) is 6.08 Å². The summed E-state index contributed by atoms with van der Waals surface area (Å²) in [5.74, 6) is -10.5. The summed E-state index contributed by atoms with van der Waals surface area (Å²) >= 11 is 1.09. The van der Waals surface area contributed by atoms with Gasteiger partial charge in [-0.3, -0.25) is 43.2 Å². The molecule has 16 unspecified atom stereocenters. The van der Waals surface area contributed by atoms with E-state index in [-0.39, 0.29) is 12.6 Å². The van der Waals surface area contributed by atoms with Crippen LogP contribution in [0.1, 0.15) is 109 Å². The van der Waals surface area contributed by atoms with Crippen molar-refractivity contribution in [3.05, 3.63) is 42.0 Å². The molecule has 0 saturated carbocycles. The fraction of sp³-hybridized carbons (Fsp3) is 0.636. The van der Waals surface area contributed by atoms with Gasteiger partial charge in [0, 0.05) is 91.2 Å². The van der Waals surface area contributed by atoms with Crippen molar-refractivity contribution in [3.63, 3.8) is 0 Å². The van der Waals surface area contributed by atoms with Crippen LogP contribution in [0.3, 0.4) is 0 Å². The van der Waals surface area contributed by atoms with Crippen molar-refractivity contribution in [2.45, 2.75) is 211 Å². The molecule has 1 aliphatic carbocycles. The molecule has 0 bridgehead atoms. The number of hydrogen-bond acceptors (Lipinski definition) is 31. The topological polar surface area (TPSA) is 415 Å². The monoisotopic (exact) mass is 1240 g/mol. The van der Waals surface area contributed by atoms with Crippen LogP contribution >= 0.6 is 11.8 Å². The lowest BCUT2D eigenvalue weighted by molar-refractivity contribution is -0.367. The molecule has 16 atom stereocenters. The molecule has 1 aromatic rings. The molecule has 1 N–H and O–H groups in total. The van der Waals surface area contributed by atoms with Gasteiger partial charge in [-0.25, -0.2) is 0 Å². The van der Waals surface area contributed by atoms with Crippen LogP contribution in [-0.4, -0.2) is 189 Å². The van der Waals surface area contributed by atoms with Crippen LogP contribution in [0, 0.1) is 0 Å². The van der Waals surface area contributed by atoms with Crippen molar-refractivity contribution >= 4 is 83.4 Å². The third-order valence-electron chi connectivity index (χ3n) is 11.6. The molecule has 0 amide bonds. The zero-order valence-corrected chi connectivity index (χ0v) is 50.5. The lowest BCUT2D eigenvalue weighted by Gasteiger charge is -2.50. The highest BCUT2D eigenvalue weighted by atomic mass is 32.2. The van der Waals surface area contributed by atoms with Crippen LogP contribution in [0.15, 0.2) is 46.9 Å². The van der Waals surface area contributed by atoms with E-state index in [0.717, 1.165) is 93.5 Å². The molecule has 0 spiro atoms. The second-order valence-electron chi connectivity index (χ2n) is 19.2. The van der Waals surface area contributed by atoms with Crippen LogP contribution in [-0.2, 0) is 124 Å². The van der Waals surface area contributed by atoms with Gasteiger partial charge < -0.3 is 101 Å². The summed E-state index contributed by atoms with van der Waals surface area (Å²) in [6.45, 7) is 13.5. The Hall–Kier alpha value is -7.29. The summed E-state index contributed by atoms with van der Waals surface area (Å²) in [7, 11) is 0. The van der Waals surface area contributed by atoms with Crippen molar-refractivity contribution in [1.29, 1.82) is 0 Å². The van der Waals surface area contributed by atoms with Crippen molar-refractivity contribution in [3.8, 4) is 0 Å². The predicted molar refractivity (Wildman–Crippen MR) is 282 cm³/mol. The van der Waals surface area contributed by atoms with Gasteiger partial charge in [-0.15, -0.1) is 0 Å². The number of esters is 9. The van der Waals surface area contributed by atoms with Gasteiger partial charge in [0.15, 0.2) is 49.2 Å². The maximum Gasteiger partial charge on any atom is 0.303 e. The quantitative estimate of drug-likeness (QED) is 0.0903. The first-order valence-corrected chi connectivity index (χ1v) is 27.5. The molecule has 3 fully saturated rings. The Morgan fingerprint density at radius 2 is 0.872 bits per heavy atom. The first-order valence-electron chi connectivity index (χ1n) is 26.6. The smallest absolute Gasteiger partial charge is 0.303 e. The Kier molecular flexibility index (Phi) is 32.5. The van der Waals surface area contributed by atoms with E-state index in [4.69, 9.17) is 96.0 Å². The number of carboxylic acid groups (broad SMARTS) is 3. The molecule has 86 heavy (non-hydrogen) atoms. The van der Waals surface area contributed by atoms with Gasteiger partial charge in [0.1, 0.15) is 49.7 Å². The molecule has 0 aromatic heterocycles. The second-order valence-corrected chi connectivity index (χ2v) is 20.4. The lowest BCUT2D eigenvalue weighted by Crippen LogP contribution is -2.69. The highest BCUT2D eigenvalue weighted by Crippen LogP contribution is 2.41. The average Bonchev–Trinajstić information content (AvgIpc) is 0.954. The van der Waals surface area contributed by atoms with Gasteiger partial charge in [0.2, 0.25) is 0 Å². The molecule has 1 aromatic carbocycles. The summed E-state index contributed by atoms with van der Waals surface area (Å²) in [6, 6.07) is 7.55. The minimum atomic E-state index is -1.90. The Bertz CT molecular complexity index is 2470. The van der Waals surface area contributed by atoms with Crippen molar-refractivity contribution in [1.82, 2.24) is 5.32 Å². The first kappa shape index (κ1) is 74.8. The largest absolute Gasteiger partial charge is 0.550 e. The number of carbonyl (C=O) groups excluding carboxylic acids is 12. The van der Waals surface area contributed by atoms with Crippen LogP contribution in [0.4, 0.5) is 0 Å². The predicted octanol–water partition coefficient (Wildman–Crippen LogP) is -1.27. The number of ether oxygens (including phenoxy) is 14. The van der Waals surface area contributed by atoms with Crippen molar-refractivity contribution in [2.75, 3.05) is 19.8 Å². The Balaban J connectivity index is 0.00000192. The summed E-state index contributed by atoms with van der Waals surface area (Å²) in [5.41, 5.74) is -0.288. The van der Waals surface area contributed by atoms with E-state index in [1.54, 1.807) is 37.3 Å². The maximum absolute atomic E-state index is 13.2. The maximum atomic E-state index is 13.2. The lowest BCUT2D eigenvalue weighted by atomic mass is 9.91. The fourth-order valence-corrected chi connectivity index (χ4v) is 9.99. The molecule has 3 heterocycles. The van der Waals surface area contributed by atoms with E-state index in [2.05, 4.69) is 5.32 Å². The molecular weight excluding hydrogens is 1170 g/mol. The average molecular weight is 1250 g/mol. The number of aliphatic carboxylic acids is 3. The molecule has 3 saturated heterocycles. The number of hydrogen-bond donors (Lipinski definition) is 1. The zero-order valence-electron chi connectivity index (χ0n) is 49.7. The van der Waals surface area contributed by atoms with Gasteiger partial charge >= 0.3 is 53.7 Å². The SMILES string of the molecule is CC(=O)OCC1=CC(NC2C(C)OC(OC3C(COC(C)=O)OC(OC4C(COC(C)=O)OC(Sc5ccccc5)C(OC(C)=O)C4OC(C)=O)C(OC(C)=O)C3OC(C)=O)C(OC(C)=O)C2OC(C)=O)CCC1.CC(=O)[O-].CC(=O)[O-].CC(=O)[O-]. The first-order chi connectivity index (χ1) is 40.2. The van der Waals surface area contributed by atoms with Gasteiger partial charge in [0.05, 0.1) is 12.1 Å². The van der Waals surface area contributed by atoms with E-state index >= 15 is 0 Å². The van der Waals surface area contributed by atoms with E-state index in [9.17, 15) is 43.2 Å². The van der Waals surface area contributed by atoms with Crippen LogP contribution < -0.4 is 20.6 Å². The molecule has 482 valence electrons. The zero-order chi connectivity index (χ0) is 65.1. The number of rotatable bonds is 20. The molecule has 4 aliphatic rings. The molecule has 0 radical (unpaired) electrons. The minimum Gasteiger partial charge on any atom is -0.550 e. The summed E-state index contributed by atoms with van der Waals surface area (Å²) in [6.07, 6.45) is -16.4. The number of carbonyl (C=O) groups is 12. The van der Waals surface area contributed by atoms with E-state index < -0.39 is 176 Å². The molecular formula is C55H74NO29S-3. The summed E-state index contributed by atoms with van der Waals surface area (Å²) < 4.78 is 83.6. The summed E-state index contributed by atoms with van der Waals surface area (Å²) in [5, 5.41) is 30.1. The molecule has 30 nitrogen and oxygen atoms in total. The number of carboxylic acids is 3. The Morgan fingerprint density at radius 1 is 0.488 bits per heavy atom. The number of thioether (sulfide) groups is 1.